The molecule has 2 heterocycles. The number of carbonyl (C=O) groups excluding carboxylic acids is 1. The lowest BCUT2D eigenvalue weighted by Crippen LogP contribution is -2.38. The summed E-state index contributed by atoms with van der Waals surface area (Å²) in [6, 6.07) is 6.74. The van der Waals surface area contributed by atoms with Gasteiger partial charge in [-0.3, -0.25) is 4.79 Å². The smallest absolute Gasteiger partial charge is 0.336 e. The maximum absolute atomic E-state index is 12.4. The third-order valence-electron chi connectivity index (χ3n) is 4.46. The van der Waals surface area contributed by atoms with Gasteiger partial charge in [0.25, 0.3) is 0 Å². The Labute approximate surface area is 140 Å². The Morgan fingerprint density at radius 2 is 2.12 bits per heavy atom. The Hall–Kier alpha value is -2.14. The normalized spacial score (nSPS) is 20.0. The third kappa shape index (κ3) is 3.67. The van der Waals surface area contributed by atoms with Crippen molar-refractivity contribution in [1.29, 1.82) is 0 Å². The van der Waals surface area contributed by atoms with Crippen LogP contribution in [0.25, 0.3) is 11.0 Å². The molecule has 0 spiro atoms. The molecular weight excluding hydrogens is 308 g/mol. The van der Waals surface area contributed by atoms with Crippen molar-refractivity contribution in [3.05, 3.63) is 40.2 Å². The summed E-state index contributed by atoms with van der Waals surface area (Å²) in [5.74, 6) is 0.572. The molecule has 3 rings (SSSR count). The van der Waals surface area contributed by atoms with Gasteiger partial charge in [0.15, 0.2) is 5.78 Å². The van der Waals surface area contributed by atoms with Gasteiger partial charge in [0.1, 0.15) is 17.9 Å². The van der Waals surface area contributed by atoms with Crippen molar-refractivity contribution < 1.29 is 18.7 Å². The van der Waals surface area contributed by atoms with Gasteiger partial charge in [0.05, 0.1) is 5.60 Å². The fraction of sp³-hybridized carbons (Fsp3) is 0.474. The standard InChI is InChI=1S/C19H22O5/c1-12-8-18(21)24-17-9-14(4-5-15(12)17)22-11-16(20)13-6-7-23-19(2,3)10-13/h4-5,8-9,13H,6-7,10-11H2,1-3H3. The Kier molecular flexibility index (Phi) is 4.45. The summed E-state index contributed by atoms with van der Waals surface area (Å²) in [7, 11) is 0. The van der Waals surface area contributed by atoms with Crippen molar-refractivity contribution in [1.82, 2.24) is 0 Å². The first-order valence-electron chi connectivity index (χ1n) is 8.18. The molecule has 0 bridgehead atoms. The second-order valence-corrected chi connectivity index (χ2v) is 6.96. The van der Waals surface area contributed by atoms with Gasteiger partial charge in [-0.05, 0) is 51.3 Å². The highest BCUT2D eigenvalue weighted by molar-refractivity contribution is 5.83. The van der Waals surface area contributed by atoms with Gasteiger partial charge >= 0.3 is 5.63 Å². The topological polar surface area (TPSA) is 65.7 Å². The average molecular weight is 330 g/mol. The summed E-state index contributed by atoms with van der Waals surface area (Å²) in [6.45, 7) is 6.48. The number of benzene rings is 1. The fourth-order valence-corrected chi connectivity index (χ4v) is 3.17. The van der Waals surface area contributed by atoms with E-state index in [1.807, 2.05) is 26.8 Å². The molecular formula is C19H22O5. The Morgan fingerprint density at radius 3 is 2.88 bits per heavy atom. The van der Waals surface area contributed by atoms with Crippen LogP contribution < -0.4 is 10.4 Å². The summed E-state index contributed by atoms with van der Waals surface area (Å²) in [6.07, 6.45) is 1.44. The zero-order valence-corrected chi connectivity index (χ0v) is 14.3. The Morgan fingerprint density at radius 1 is 1.33 bits per heavy atom. The minimum Gasteiger partial charge on any atom is -0.486 e. The van der Waals surface area contributed by atoms with Crippen molar-refractivity contribution >= 4 is 16.8 Å². The first-order chi connectivity index (χ1) is 11.3. The summed E-state index contributed by atoms with van der Waals surface area (Å²) in [4.78, 5) is 23.9. The second kappa shape index (κ2) is 6.40. The van der Waals surface area contributed by atoms with Crippen molar-refractivity contribution in [2.45, 2.75) is 39.2 Å². The van der Waals surface area contributed by atoms with Gasteiger partial charge < -0.3 is 13.9 Å². The van der Waals surface area contributed by atoms with E-state index in [1.54, 1.807) is 12.1 Å². The largest absolute Gasteiger partial charge is 0.486 e. The van der Waals surface area contributed by atoms with Gasteiger partial charge in [0, 0.05) is 30.0 Å². The maximum atomic E-state index is 12.4. The molecule has 5 heteroatoms. The van der Waals surface area contributed by atoms with Gasteiger partial charge in [0.2, 0.25) is 0 Å². The summed E-state index contributed by atoms with van der Waals surface area (Å²) in [5.41, 5.74) is 0.672. The van der Waals surface area contributed by atoms with Crippen LogP contribution >= 0.6 is 0 Å². The van der Waals surface area contributed by atoms with Crippen molar-refractivity contribution in [2.24, 2.45) is 5.92 Å². The average Bonchev–Trinajstić information content (AvgIpc) is 2.51. The molecule has 0 saturated carbocycles. The maximum Gasteiger partial charge on any atom is 0.336 e. The first kappa shape index (κ1) is 16.7. The molecule has 0 N–H and O–H groups in total. The zero-order chi connectivity index (χ0) is 17.3. The number of fused-ring (bicyclic) bond motifs is 1. The highest BCUT2D eigenvalue weighted by Crippen LogP contribution is 2.29. The number of Topliss-reactive ketones (excluding diaryl/α,β-unsaturated/α-hetero) is 1. The van der Waals surface area contributed by atoms with E-state index in [-0.39, 0.29) is 23.9 Å². The highest BCUT2D eigenvalue weighted by atomic mass is 16.5. The van der Waals surface area contributed by atoms with Crippen molar-refractivity contribution in [2.75, 3.05) is 13.2 Å². The number of ether oxygens (including phenoxy) is 2. The van der Waals surface area contributed by atoms with Crippen LogP contribution in [0.5, 0.6) is 5.75 Å². The van der Waals surface area contributed by atoms with E-state index in [9.17, 15) is 9.59 Å². The molecule has 1 aliphatic rings. The molecule has 1 atom stereocenters. The lowest BCUT2D eigenvalue weighted by Gasteiger charge is -2.34. The fourth-order valence-electron chi connectivity index (χ4n) is 3.17. The van der Waals surface area contributed by atoms with Crippen LogP contribution in [-0.2, 0) is 9.53 Å². The number of hydrogen-bond acceptors (Lipinski definition) is 5. The number of ketones is 1. The predicted molar refractivity (Wildman–Crippen MR) is 90.5 cm³/mol. The Bertz CT molecular complexity index is 818. The minimum absolute atomic E-state index is 0.0162. The molecule has 1 fully saturated rings. The molecule has 24 heavy (non-hydrogen) atoms. The van der Waals surface area contributed by atoms with E-state index in [2.05, 4.69) is 0 Å². The van der Waals surface area contributed by atoms with Crippen LogP contribution in [-0.4, -0.2) is 24.6 Å². The van der Waals surface area contributed by atoms with Crippen molar-refractivity contribution in [3.8, 4) is 5.75 Å². The molecule has 0 radical (unpaired) electrons. The van der Waals surface area contributed by atoms with Crippen LogP contribution in [0.2, 0.25) is 0 Å². The van der Waals surface area contributed by atoms with E-state index < -0.39 is 5.63 Å². The van der Waals surface area contributed by atoms with Crippen LogP contribution in [0.1, 0.15) is 32.3 Å². The van der Waals surface area contributed by atoms with Crippen molar-refractivity contribution in [3.63, 3.8) is 0 Å². The molecule has 1 unspecified atom stereocenters. The molecule has 2 aromatic rings. The van der Waals surface area contributed by atoms with Crippen LogP contribution in [0.4, 0.5) is 0 Å². The van der Waals surface area contributed by atoms with E-state index in [1.165, 1.54) is 6.07 Å². The van der Waals surface area contributed by atoms with Gasteiger partial charge in [-0.15, -0.1) is 0 Å². The molecule has 1 saturated heterocycles. The van der Waals surface area contributed by atoms with Gasteiger partial charge in [-0.25, -0.2) is 4.79 Å². The lowest BCUT2D eigenvalue weighted by molar-refractivity contribution is -0.135. The van der Waals surface area contributed by atoms with E-state index in [4.69, 9.17) is 13.9 Å². The van der Waals surface area contributed by atoms with Crippen LogP contribution in [0, 0.1) is 12.8 Å². The molecule has 1 aromatic carbocycles. The highest BCUT2D eigenvalue weighted by Gasteiger charge is 2.32. The number of aryl methyl sites for hydroxylation is 1. The van der Waals surface area contributed by atoms with Crippen LogP contribution in [0.15, 0.2) is 33.5 Å². The van der Waals surface area contributed by atoms with Gasteiger partial charge in [-0.1, -0.05) is 0 Å². The summed E-state index contributed by atoms with van der Waals surface area (Å²) >= 11 is 0. The minimum atomic E-state index is -0.391. The molecule has 1 aromatic heterocycles. The van der Waals surface area contributed by atoms with Crippen LogP contribution in [0.3, 0.4) is 0 Å². The predicted octanol–water partition coefficient (Wildman–Crippen LogP) is 3.25. The zero-order valence-electron chi connectivity index (χ0n) is 14.3. The first-order valence-corrected chi connectivity index (χ1v) is 8.18. The van der Waals surface area contributed by atoms with Gasteiger partial charge in [-0.2, -0.15) is 0 Å². The summed E-state index contributed by atoms with van der Waals surface area (Å²) < 4.78 is 16.5. The third-order valence-corrected chi connectivity index (χ3v) is 4.46. The quantitative estimate of drug-likeness (QED) is 0.805. The monoisotopic (exact) mass is 330 g/mol. The summed E-state index contributed by atoms with van der Waals surface area (Å²) in [5, 5.41) is 0.861. The Balaban J connectivity index is 1.69. The second-order valence-electron chi connectivity index (χ2n) is 6.96. The van der Waals surface area contributed by atoms with E-state index >= 15 is 0 Å². The molecule has 0 aliphatic carbocycles. The number of hydrogen-bond donors (Lipinski definition) is 0. The molecule has 1 aliphatic heterocycles. The lowest BCUT2D eigenvalue weighted by atomic mass is 9.86. The van der Waals surface area contributed by atoms with E-state index in [0.717, 1.165) is 17.4 Å². The number of carbonyl (C=O) groups is 1. The molecule has 0 amide bonds. The molecule has 128 valence electrons. The molecule has 5 nitrogen and oxygen atoms in total. The SMILES string of the molecule is Cc1cc(=O)oc2cc(OCC(=O)C3CCOC(C)(C)C3)ccc12. The van der Waals surface area contributed by atoms with E-state index in [0.29, 0.717) is 24.4 Å². The number of rotatable bonds is 4.